The summed E-state index contributed by atoms with van der Waals surface area (Å²) in [7, 11) is 0. The van der Waals surface area contributed by atoms with Crippen LogP contribution in [-0.2, 0) is 4.79 Å². The first kappa shape index (κ1) is 12.1. The van der Waals surface area contributed by atoms with Crippen molar-refractivity contribution in [1.29, 1.82) is 0 Å². The van der Waals surface area contributed by atoms with E-state index in [1.165, 1.54) is 25.7 Å². The smallest absolute Gasteiger partial charge is 0.231 e. The van der Waals surface area contributed by atoms with Crippen LogP contribution in [0.2, 0.25) is 0 Å². The van der Waals surface area contributed by atoms with Gasteiger partial charge < -0.3 is 14.8 Å². The summed E-state index contributed by atoms with van der Waals surface area (Å²) in [5.41, 5.74) is 0.794. The summed E-state index contributed by atoms with van der Waals surface area (Å²) in [6.07, 6.45) is 5.97. The maximum Gasteiger partial charge on any atom is 0.231 e. The van der Waals surface area contributed by atoms with Crippen molar-refractivity contribution in [3.05, 3.63) is 18.2 Å². The fraction of sp³-hybridized carbons (Fsp3) is 0.562. The van der Waals surface area contributed by atoms with E-state index >= 15 is 0 Å². The van der Waals surface area contributed by atoms with Gasteiger partial charge >= 0.3 is 0 Å². The number of carbonyl (C=O) groups excluding carboxylic acids is 1. The zero-order valence-electron chi connectivity index (χ0n) is 11.4. The van der Waals surface area contributed by atoms with E-state index in [2.05, 4.69) is 5.32 Å². The van der Waals surface area contributed by atoms with Crippen LogP contribution in [-0.4, -0.2) is 12.7 Å². The van der Waals surface area contributed by atoms with Gasteiger partial charge in [0, 0.05) is 18.2 Å². The fourth-order valence-electron chi connectivity index (χ4n) is 4.05. The molecule has 2 bridgehead atoms. The average Bonchev–Trinajstić information content (AvgIpc) is 3.13. The van der Waals surface area contributed by atoms with E-state index in [4.69, 9.17) is 9.47 Å². The summed E-state index contributed by atoms with van der Waals surface area (Å²) in [5.74, 6) is 3.87. The highest BCUT2D eigenvalue weighted by Crippen LogP contribution is 2.49. The van der Waals surface area contributed by atoms with Gasteiger partial charge in [-0.1, -0.05) is 6.42 Å². The van der Waals surface area contributed by atoms with Gasteiger partial charge in [0.15, 0.2) is 11.5 Å². The maximum absolute atomic E-state index is 12.2. The largest absolute Gasteiger partial charge is 0.454 e. The van der Waals surface area contributed by atoms with Gasteiger partial charge in [-0.2, -0.15) is 0 Å². The van der Waals surface area contributed by atoms with E-state index < -0.39 is 0 Å². The Bertz CT molecular complexity index is 543. The highest BCUT2D eigenvalue weighted by atomic mass is 16.7. The molecule has 3 aliphatic rings. The van der Waals surface area contributed by atoms with E-state index in [-0.39, 0.29) is 12.7 Å². The van der Waals surface area contributed by atoms with Crippen molar-refractivity contribution in [1.82, 2.24) is 0 Å². The minimum absolute atomic E-state index is 0.126. The Kier molecular flexibility index (Phi) is 2.83. The van der Waals surface area contributed by atoms with Crippen LogP contribution < -0.4 is 14.8 Å². The maximum atomic E-state index is 12.2. The number of nitrogens with one attached hydrogen (secondary N) is 1. The molecule has 4 nitrogen and oxygen atoms in total. The van der Waals surface area contributed by atoms with Crippen molar-refractivity contribution in [2.45, 2.75) is 32.1 Å². The summed E-state index contributed by atoms with van der Waals surface area (Å²) < 4.78 is 10.6. The molecule has 1 aromatic carbocycles. The number of amides is 1. The number of anilines is 1. The standard InChI is InChI=1S/C16H19NO3/c18-16(7-12-6-10-1-2-11(12)5-10)17-13-3-4-14-15(8-13)20-9-19-14/h3-4,8,10-12H,1-2,5-7,9H2,(H,17,18)/t10-,11-,12-/m1/s1. The van der Waals surface area contributed by atoms with E-state index in [9.17, 15) is 4.79 Å². The van der Waals surface area contributed by atoms with Gasteiger partial charge in [0.1, 0.15) is 0 Å². The average molecular weight is 273 g/mol. The van der Waals surface area contributed by atoms with Crippen molar-refractivity contribution in [2.24, 2.45) is 17.8 Å². The third-order valence-electron chi connectivity index (χ3n) is 4.99. The molecule has 1 N–H and O–H groups in total. The highest BCUT2D eigenvalue weighted by Gasteiger charge is 2.40. The molecule has 1 heterocycles. The van der Waals surface area contributed by atoms with Crippen LogP contribution in [0.25, 0.3) is 0 Å². The third kappa shape index (κ3) is 2.13. The van der Waals surface area contributed by atoms with Crippen molar-refractivity contribution in [3.63, 3.8) is 0 Å². The first-order chi connectivity index (χ1) is 9.78. The Morgan fingerprint density at radius 2 is 2.10 bits per heavy atom. The van der Waals surface area contributed by atoms with Crippen molar-refractivity contribution < 1.29 is 14.3 Å². The zero-order valence-corrected chi connectivity index (χ0v) is 11.4. The first-order valence-corrected chi connectivity index (χ1v) is 7.47. The minimum Gasteiger partial charge on any atom is -0.454 e. The second-order valence-electron chi connectivity index (χ2n) is 6.26. The number of carbonyl (C=O) groups is 1. The molecule has 0 spiro atoms. The summed E-state index contributed by atoms with van der Waals surface area (Å²) in [4.78, 5) is 12.2. The molecule has 1 aliphatic heterocycles. The van der Waals surface area contributed by atoms with Gasteiger partial charge in [0.2, 0.25) is 12.7 Å². The second-order valence-corrected chi connectivity index (χ2v) is 6.26. The van der Waals surface area contributed by atoms with Crippen LogP contribution >= 0.6 is 0 Å². The summed E-state index contributed by atoms with van der Waals surface area (Å²) in [6, 6.07) is 5.54. The number of hydrogen-bond acceptors (Lipinski definition) is 3. The second kappa shape index (κ2) is 4.69. The highest BCUT2D eigenvalue weighted by molar-refractivity contribution is 5.91. The fourth-order valence-corrected chi connectivity index (χ4v) is 4.05. The number of fused-ring (bicyclic) bond motifs is 3. The lowest BCUT2D eigenvalue weighted by atomic mass is 9.86. The van der Waals surface area contributed by atoms with Gasteiger partial charge in [0.05, 0.1) is 0 Å². The molecule has 2 aliphatic carbocycles. The molecule has 0 radical (unpaired) electrons. The molecule has 106 valence electrons. The molecule has 20 heavy (non-hydrogen) atoms. The molecule has 0 saturated heterocycles. The molecule has 4 heteroatoms. The minimum atomic E-state index is 0.126. The monoisotopic (exact) mass is 273 g/mol. The Labute approximate surface area is 118 Å². The summed E-state index contributed by atoms with van der Waals surface area (Å²) in [6.45, 7) is 0.262. The van der Waals surface area contributed by atoms with E-state index in [1.807, 2.05) is 18.2 Å². The van der Waals surface area contributed by atoms with Crippen LogP contribution in [0.5, 0.6) is 11.5 Å². The Balaban J connectivity index is 1.38. The zero-order chi connectivity index (χ0) is 13.5. The van der Waals surface area contributed by atoms with Crippen LogP contribution in [0.1, 0.15) is 32.1 Å². The molecular formula is C16H19NO3. The lowest BCUT2D eigenvalue weighted by Gasteiger charge is -2.20. The van der Waals surface area contributed by atoms with Crippen molar-refractivity contribution in [2.75, 3.05) is 12.1 Å². The van der Waals surface area contributed by atoms with Crippen molar-refractivity contribution >= 4 is 11.6 Å². The van der Waals surface area contributed by atoms with Crippen LogP contribution in [0.3, 0.4) is 0 Å². The van der Waals surface area contributed by atoms with Crippen molar-refractivity contribution in [3.8, 4) is 11.5 Å². The van der Waals surface area contributed by atoms with Crippen LogP contribution in [0, 0.1) is 17.8 Å². The predicted octanol–water partition coefficient (Wildman–Crippen LogP) is 3.18. The molecule has 0 aromatic heterocycles. The quantitative estimate of drug-likeness (QED) is 0.920. The normalized spacial score (nSPS) is 29.7. The van der Waals surface area contributed by atoms with Gasteiger partial charge in [-0.25, -0.2) is 0 Å². The lowest BCUT2D eigenvalue weighted by molar-refractivity contribution is -0.117. The SMILES string of the molecule is O=C(C[C@H]1C[C@@H]2CC[C@@H]1C2)Nc1ccc2c(c1)OCO2. The molecule has 3 atom stereocenters. The lowest BCUT2D eigenvalue weighted by Crippen LogP contribution is -2.20. The number of benzene rings is 1. The molecule has 2 fully saturated rings. The Hall–Kier alpha value is -1.71. The van der Waals surface area contributed by atoms with E-state index in [0.717, 1.165) is 23.3 Å². The molecule has 4 rings (SSSR count). The van der Waals surface area contributed by atoms with Gasteiger partial charge in [0.25, 0.3) is 0 Å². The van der Waals surface area contributed by atoms with Gasteiger partial charge in [-0.3, -0.25) is 4.79 Å². The molecule has 1 amide bonds. The Morgan fingerprint density at radius 3 is 2.90 bits per heavy atom. The molecule has 2 saturated carbocycles. The van der Waals surface area contributed by atoms with E-state index in [1.54, 1.807) is 0 Å². The summed E-state index contributed by atoms with van der Waals surface area (Å²) >= 11 is 0. The molecular weight excluding hydrogens is 254 g/mol. The van der Waals surface area contributed by atoms with Crippen LogP contribution in [0.15, 0.2) is 18.2 Å². The van der Waals surface area contributed by atoms with Gasteiger partial charge in [-0.15, -0.1) is 0 Å². The van der Waals surface area contributed by atoms with E-state index in [0.29, 0.717) is 18.1 Å². The molecule has 0 unspecified atom stereocenters. The number of ether oxygens (including phenoxy) is 2. The topological polar surface area (TPSA) is 47.6 Å². The predicted molar refractivity (Wildman–Crippen MR) is 74.7 cm³/mol. The first-order valence-electron chi connectivity index (χ1n) is 7.47. The van der Waals surface area contributed by atoms with Crippen LogP contribution in [0.4, 0.5) is 5.69 Å². The number of rotatable bonds is 3. The number of hydrogen-bond donors (Lipinski definition) is 1. The Morgan fingerprint density at radius 1 is 1.20 bits per heavy atom. The third-order valence-corrected chi connectivity index (χ3v) is 4.99. The van der Waals surface area contributed by atoms with Gasteiger partial charge in [-0.05, 0) is 49.1 Å². The molecule has 1 aromatic rings. The summed E-state index contributed by atoms with van der Waals surface area (Å²) in [5, 5.41) is 2.98.